The maximum atomic E-state index is 13.8. The number of aliphatic hydroxyl groups excluding tert-OH is 3. The lowest BCUT2D eigenvalue weighted by molar-refractivity contribution is -0.311. The van der Waals surface area contributed by atoms with Crippen LogP contribution < -0.4 is 32.3 Å². The Hall–Kier alpha value is -4.27. The van der Waals surface area contributed by atoms with Crippen LogP contribution in [0.2, 0.25) is 0 Å². The molecule has 2 heterocycles. The fourth-order valence-corrected chi connectivity index (χ4v) is 7.72. The highest BCUT2D eigenvalue weighted by molar-refractivity contribution is 5.81. The number of nitrogens with zero attached hydrogens (tertiary/aromatic N) is 1. The molecule has 0 aromatic carbocycles. The molecule has 2 fully saturated rings. The fraction of sp³-hybridized carbons (Fsp3) is 0.848. The van der Waals surface area contributed by atoms with E-state index >= 15 is 0 Å². The van der Waals surface area contributed by atoms with E-state index in [1.807, 2.05) is 0 Å². The van der Waals surface area contributed by atoms with Gasteiger partial charge < -0.3 is 95.5 Å². The fourth-order valence-electron chi connectivity index (χ4n) is 7.72. The highest BCUT2D eigenvalue weighted by atomic mass is 16.7. The Morgan fingerprint density at radius 2 is 1.29 bits per heavy atom. The number of aliphatic hydroxyl groups is 4. The van der Waals surface area contributed by atoms with Gasteiger partial charge >= 0.3 is 24.4 Å². The molecule has 70 heavy (non-hydrogen) atoms. The van der Waals surface area contributed by atoms with E-state index in [1.165, 1.54) is 14.0 Å². The number of carbonyl (C=O) groups is 5. The Balaban J connectivity index is 2.10. The Labute approximate surface area is 411 Å². The number of hydrogen-bond donors (Lipinski definition) is 10. The Morgan fingerprint density at radius 3 is 1.83 bits per heavy atom. The third-order valence-electron chi connectivity index (χ3n) is 10.6. The minimum atomic E-state index is -1.88. The first kappa shape index (κ1) is 60.0. The number of rotatable bonds is 17. The van der Waals surface area contributed by atoms with Gasteiger partial charge in [-0.1, -0.05) is 0 Å². The lowest BCUT2D eigenvalue weighted by atomic mass is 9.82. The molecular formula is C46H83N7O17. The standard InChI is InChI=1S/C46H83N7O17/c1-42(2,3)67-38(58)49-21-18-29(54)35(57)50-27-22-28(52-40(60)69-44(7,8)9)33(65-36-26(51-39(59)68-43(4,5)6)17-16-25(64-36)23-48-20-15-19-47)30(55)32(27)66-37-31(56)34(46(13,62)24-63-37)53(14)41(61)70-45(10,11)12/h16,26-34,36-37,48,54-56,62H,15,17-24,47H2,1-14H3,(H,49,58)(H,50,57)(H,51,59)(H,52,60)/t26-,27-,28+,29+,30-,31-,32+,33-,34-,36-,37-,46+/m1/s1. The van der Waals surface area contributed by atoms with E-state index in [2.05, 4.69) is 26.6 Å². The minimum Gasteiger partial charge on any atom is -0.466 e. The van der Waals surface area contributed by atoms with E-state index in [4.69, 9.17) is 43.6 Å². The number of nitrogens with two attached hydrogens (primary N) is 1. The van der Waals surface area contributed by atoms with Crippen LogP contribution >= 0.6 is 0 Å². The molecule has 0 aromatic heterocycles. The smallest absolute Gasteiger partial charge is 0.410 e. The van der Waals surface area contributed by atoms with Crippen molar-refractivity contribution in [2.45, 2.75) is 211 Å². The molecule has 24 heteroatoms. The molecule has 404 valence electrons. The lowest BCUT2D eigenvalue weighted by Crippen LogP contribution is -2.71. The highest BCUT2D eigenvalue weighted by Crippen LogP contribution is 2.35. The van der Waals surface area contributed by atoms with Crippen molar-refractivity contribution in [1.29, 1.82) is 0 Å². The molecule has 3 rings (SSSR count). The summed E-state index contributed by atoms with van der Waals surface area (Å²) in [5.74, 6) is -0.554. The predicted octanol–water partition coefficient (Wildman–Crippen LogP) is 1.34. The lowest BCUT2D eigenvalue weighted by Gasteiger charge is -2.50. The van der Waals surface area contributed by atoms with Gasteiger partial charge in [0.15, 0.2) is 6.29 Å². The molecule has 24 nitrogen and oxygen atoms in total. The van der Waals surface area contributed by atoms with Crippen LogP contribution in [0.5, 0.6) is 0 Å². The van der Waals surface area contributed by atoms with E-state index in [0.29, 0.717) is 25.3 Å². The molecule has 0 bridgehead atoms. The number of nitrogens with one attached hydrogen (secondary N) is 5. The van der Waals surface area contributed by atoms with Crippen molar-refractivity contribution < 1.29 is 82.3 Å². The second-order valence-electron chi connectivity index (χ2n) is 22.1. The van der Waals surface area contributed by atoms with Crippen LogP contribution in [0.1, 0.15) is 116 Å². The average Bonchev–Trinajstić information content (AvgIpc) is 3.18. The molecule has 1 saturated heterocycles. The van der Waals surface area contributed by atoms with Crippen LogP contribution in [0.25, 0.3) is 0 Å². The quantitative estimate of drug-likeness (QED) is 0.0726. The zero-order chi connectivity index (χ0) is 53.2. The summed E-state index contributed by atoms with van der Waals surface area (Å²) in [6, 6.07) is -4.93. The molecule has 2 aliphatic heterocycles. The largest absolute Gasteiger partial charge is 0.466 e. The van der Waals surface area contributed by atoms with Gasteiger partial charge in [0.1, 0.15) is 64.3 Å². The Morgan fingerprint density at radius 1 is 0.771 bits per heavy atom. The first-order valence-corrected chi connectivity index (χ1v) is 23.8. The number of ether oxygens (including phenoxy) is 8. The first-order valence-electron chi connectivity index (χ1n) is 23.8. The van der Waals surface area contributed by atoms with E-state index in [-0.39, 0.29) is 32.4 Å². The molecular weight excluding hydrogens is 923 g/mol. The molecule has 1 aliphatic carbocycles. The molecule has 0 aromatic rings. The van der Waals surface area contributed by atoms with Crippen molar-refractivity contribution >= 4 is 30.3 Å². The summed E-state index contributed by atoms with van der Waals surface area (Å²) in [6.07, 6.45) is -13.0. The first-order chi connectivity index (χ1) is 32.1. The Bertz CT molecular complexity index is 1780. The van der Waals surface area contributed by atoms with Gasteiger partial charge in [0.25, 0.3) is 0 Å². The summed E-state index contributed by atoms with van der Waals surface area (Å²) in [5, 5.41) is 60.9. The van der Waals surface area contributed by atoms with Crippen molar-refractivity contribution in [2.75, 3.05) is 39.8 Å². The van der Waals surface area contributed by atoms with E-state index < -0.39 is 132 Å². The van der Waals surface area contributed by atoms with Crippen LogP contribution in [0.3, 0.4) is 0 Å². The second kappa shape index (κ2) is 24.9. The molecule has 3 aliphatic rings. The predicted molar refractivity (Wildman–Crippen MR) is 252 cm³/mol. The van der Waals surface area contributed by atoms with Gasteiger partial charge in [0.2, 0.25) is 12.2 Å². The molecule has 0 unspecified atom stereocenters. The zero-order valence-electron chi connectivity index (χ0n) is 43.4. The molecule has 0 spiro atoms. The number of likely N-dealkylation sites (N-methyl/N-ethyl adjacent to an activating group) is 1. The Kier molecular flexibility index (Phi) is 21.4. The SMILES string of the molecule is CN(C(=O)OC(C)(C)C)[C@@H]1[C@@H](O)[C@@H](O[C@@H]2[C@@H](O)[C@H](O[C@H]3OC(CNCCCN)=CC[C@H]3NC(=O)OC(C)(C)C)[C@@H](NC(=O)OC(C)(C)C)C[C@H]2NC(=O)[C@@H](O)CCNC(=O)OC(C)(C)C)OC[C@]1(C)O. The minimum absolute atomic E-state index is 0.165. The van der Waals surface area contributed by atoms with Gasteiger partial charge in [-0.05, 0) is 135 Å². The van der Waals surface area contributed by atoms with Gasteiger partial charge in [-0.2, -0.15) is 0 Å². The van der Waals surface area contributed by atoms with Crippen LogP contribution in [0.4, 0.5) is 19.2 Å². The summed E-state index contributed by atoms with van der Waals surface area (Å²) in [5.41, 5.74) is 0.187. The van der Waals surface area contributed by atoms with E-state index in [1.54, 1.807) is 89.2 Å². The third-order valence-corrected chi connectivity index (χ3v) is 10.6. The summed E-state index contributed by atoms with van der Waals surface area (Å²) in [4.78, 5) is 67.1. The number of hydrogen-bond acceptors (Lipinski definition) is 19. The van der Waals surface area contributed by atoms with Crippen molar-refractivity contribution in [3.63, 3.8) is 0 Å². The molecule has 0 radical (unpaired) electrons. The van der Waals surface area contributed by atoms with Crippen LogP contribution in [0, 0.1) is 0 Å². The number of alkyl carbamates (subject to hydrolysis) is 3. The summed E-state index contributed by atoms with van der Waals surface area (Å²) >= 11 is 0. The van der Waals surface area contributed by atoms with E-state index in [0.717, 1.165) is 4.90 Å². The highest BCUT2D eigenvalue weighted by Gasteiger charge is 2.55. The van der Waals surface area contributed by atoms with Gasteiger partial charge in [-0.3, -0.25) is 4.79 Å². The van der Waals surface area contributed by atoms with Crippen LogP contribution in [-0.4, -0.2) is 191 Å². The van der Waals surface area contributed by atoms with Gasteiger partial charge in [0, 0.05) is 13.6 Å². The topological polar surface area (TPSA) is 330 Å². The maximum absolute atomic E-state index is 13.8. The van der Waals surface area contributed by atoms with Crippen LogP contribution in [-0.2, 0) is 42.7 Å². The molecule has 11 N–H and O–H groups in total. The molecule has 12 atom stereocenters. The molecule has 1 saturated carbocycles. The van der Waals surface area contributed by atoms with Crippen molar-refractivity contribution in [2.24, 2.45) is 5.73 Å². The van der Waals surface area contributed by atoms with E-state index in [9.17, 15) is 44.4 Å². The van der Waals surface area contributed by atoms with Crippen molar-refractivity contribution in [1.82, 2.24) is 31.5 Å². The second-order valence-corrected chi connectivity index (χ2v) is 22.1. The number of carbonyl (C=O) groups excluding carboxylic acids is 5. The van der Waals surface area contributed by atoms with Crippen LogP contribution in [0.15, 0.2) is 11.8 Å². The molecule has 5 amide bonds. The monoisotopic (exact) mass is 1010 g/mol. The average molecular weight is 1010 g/mol. The normalized spacial score (nSPS) is 29.0. The third kappa shape index (κ3) is 19.7. The van der Waals surface area contributed by atoms with Crippen molar-refractivity contribution in [3.8, 4) is 0 Å². The van der Waals surface area contributed by atoms with Gasteiger partial charge in [-0.15, -0.1) is 0 Å². The van der Waals surface area contributed by atoms with Crippen molar-refractivity contribution in [3.05, 3.63) is 11.8 Å². The maximum Gasteiger partial charge on any atom is 0.410 e. The van der Waals surface area contributed by atoms with Gasteiger partial charge in [-0.25, -0.2) is 19.2 Å². The summed E-state index contributed by atoms with van der Waals surface area (Å²) < 4.78 is 47.1. The summed E-state index contributed by atoms with van der Waals surface area (Å²) in [6.45, 7) is 21.8. The summed E-state index contributed by atoms with van der Waals surface area (Å²) in [7, 11) is 1.31. The van der Waals surface area contributed by atoms with Gasteiger partial charge in [0.05, 0.1) is 37.3 Å². The number of amides is 5. The zero-order valence-corrected chi connectivity index (χ0v) is 43.4.